The molecule has 1 saturated carbocycles. The summed E-state index contributed by atoms with van der Waals surface area (Å²) in [5.74, 6) is 0.193. The Hall–Kier alpha value is -1.76. The fourth-order valence-electron chi connectivity index (χ4n) is 2.66. The van der Waals surface area contributed by atoms with Crippen molar-refractivity contribution < 1.29 is 0 Å². The second-order valence-corrected chi connectivity index (χ2v) is 5.43. The molecule has 0 spiro atoms. The van der Waals surface area contributed by atoms with E-state index in [1.807, 2.05) is 0 Å². The lowest BCUT2D eigenvalue weighted by Gasteiger charge is -2.17. The number of nitrogens with one attached hydrogen (secondary N) is 2. The van der Waals surface area contributed by atoms with Crippen molar-refractivity contribution in [2.75, 3.05) is 24.1 Å². The van der Waals surface area contributed by atoms with Gasteiger partial charge in [-0.2, -0.15) is 0 Å². The van der Waals surface area contributed by atoms with Gasteiger partial charge in [-0.15, -0.1) is 0 Å². The Balaban J connectivity index is 1.78. The highest BCUT2D eigenvalue weighted by Gasteiger charge is 2.34. The third kappa shape index (κ3) is 2.25. The average molecular weight is 265 g/mol. The fourth-order valence-corrected chi connectivity index (χ4v) is 2.66. The topological polar surface area (TPSA) is 96.2 Å². The quantitative estimate of drug-likeness (QED) is 0.672. The summed E-state index contributed by atoms with van der Waals surface area (Å²) in [7, 11) is 1.55. The third-order valence-corrected chi connectivity index (χ3v) is 4.00. The van der Waals surface area contributed by atoms with E-state index in [1.54, 1.807) is 7.05 Å². The van der Waals surface area contributed by atoms with E-state index < -0.39 is 11.2 Å². The lowest BCUT2D eigenvalue weighted by atomic mass is 10.2. The van der Waals surface area contributed by atoms with Gasteiger partial charge in [0, 0.05) is 32.2 Å². The molecule has 7 heteroatoms. The molecule has 3 rings (SSSR count). The Morgan fingerprint density at radius 2 is 2.05 bits per heavy atom. The van der Waals surface area contributed by atoms with Crippen LogP contribution < -0.4 is 22.3 Å². The molecule has 1 atom stereocenters. The minimum atomic E-state index is -0.487. The number of hydrogen-bond acceptors (Lipinski definition) is 5. The van der Waals surface area contributed by atoms with Crippen LogP contribution in [0.2, 0.25) is 0 Å². The highest BCUT2D eigenvalue weighted by molar-refractivity contribution is 5.60. The molecule has 1 aliphatic heterocycles. The number of likely N-dealkylation sites (tertiary alicyclic amines) is 1. The Kier molecular flexibility index (Phi) is 2.85. The van der Waals surface area contributed by atoms with Gasteiger partial charge in [-0.3, -0.25) is 19.2 Å². The summed E-state index contributed by atoms with van der Waals surface area (Å²) in [5, 5.41) is 3.19. The van der Waals surface area contributed by atoms with Crippen molar-refractivity contribution in [1.82, 2.24) is 14.5 Å². The second-order valence-electron chi connectivity index (χ2n) is 5.43. The summed E-state index contributed by atoms with van der Waals surface area (Å²) < 4.78 is 1.25. The number of H-pyrrole nitrogens is 1. The maximum Gasteiger partial charge on any atom is 0.329 e. The molecular weight excluding hydrogens is 246 g/mol. The van der Waals surface area contributed by atoms with Crippen LogP contribution in [-0.2, 0) is 7.05 Å². The molecule has 1 unspecified atom stereocenters. The monoisotopic (exact) mass is 265 g/mol. The Morgan fingerprint density at radius 3 is 2.74 bits per heavy atom. The molecule has 1 aromatic heterocycles. The largest absolute Gasteiger partial charge is 0.383 e. The zero-order valence-corrected chi connectivity index (χ0v) is 11.0. The lowest BCUT2D eigenvalue weighted by Crippen LogP contribution is -2.35. The summed E-state index contributed by atoms with van der Waals surface area (Å²) in [6.07, 6.45) is 3.57. The number of anilines is 2. The van der Waals surface area contributed by atoms with E-state index in [4.69, 9.17) is 5.73 Å². The first kappa shape index (κ1) is 12.3. The summed E-state index contributed by atoms with van der Waals surface area (Å²) in [6, 6.07) is 0.962. The number of hydrogen-bond donors (Lipinski definition) is 3. The molecule has 0 aromatic carbocycles. The molecular formula is C12H19N5O2. The van der Waals surface area contributed by atoms with Crippen molar-refractivity contribution in [1.29, 1.82) is 0 Å². The number of nitrogen functional groups attached to an aromatic ring is 1. The molecule has 2 fully saturated rings. The van der Waals surface area contributed by atoms with Crippen LogP contribution in [0.1, 0.15) is 19.3 Å². The van der Waals surface area contributed by atoms with Gasteiger partial charge in [-0.25, -0.2) is 4.79 Å². The number of nitrogens with two attached hydrogens (primary N) is 1. The number of aromatic nitrogens is 2. The van der Waals surface area contributed by atoms with Gasteiger partial charge >= 0.3 is 5.69 Å². The smallest absolute Gasteiger partial charge is 0.329 e. The molecule has 7 nitrogen and oxygen atoms in total. The first-order valence-electron chi connectivity index (χ1n) is 6.65. The van der Waals surface area contributed by atoms with E-state index in [0.717, 1.165) is 25.6 Å². The number of rotatable bonds is 3. The predicted molar refractivity (Wildman–Crippen MR) is 73.3 cm³/mol. The number of aromatic amines is 1. The molecule has 19 heavy (non-hydrogen) atoms. The molecule has 1 aliphatic carbocycles. The van der Waals surface area contributed by atoms with E-state index in [-0.39, 0.29) is 11.9 Å². The highest BCUT2D eigenvalue weighted by atomic mass is 16.2. The predicted octanol–water partition coefficient (Wildman–Crippen LogP) is -0.696. The summed E-state index contributed by atoms with van der Waals surface area (Å²) >= 11 is 0. The van der Waals surface area contributed by atoms with Crippen molar-refractivity contribution >= 4 is 11.5 Å². The van der Waals surface area contributed by atoms with Crippen LogP contribution in [0.4, 0.5) is 11.5 Å². The van der Waals surface area contributed by atoms with E-state index in [9.17, 15) is 9.59 Å². The lowest BCUT2D eigenvalue weighted by molar-refractivity contribution is 0.326. The SMILES string of the molecule is Cn1c(N)c(NC2CCN(C3CC3)C2)c(=O)[nH]c1=O. The van der Waals surface area contributed by atoms with Gasteiger partial charge in [-0.1, -0.05) is 0 Å². The van der Waals surface area contributed by atoms with Gasteiger partial charge in [0.05, 0.1) is 0 Å². The standard InChI is InChI=1S/C12H19N5O2/c1-16-10(13)9(11(18)15-12(16)19)14-7-4-5-17(6-7)8-2-3-8/h7-8,14H,2-6,13H2,1H3,(H,15,18,19). The fraction of sp³-hybridized carbons (Fsp3) is 0.667. The maximum atomic E-state index is 11.8. The van der Waals surface area contributed by atoms with Crippen molar-refractivity contribution in [2.24, 2.45) is 7.05 Å². The Labute approximate surface area is 110 Å². The summed E-state index contributed by atoms with van der Waals surface area (Å²) in [4.78, 5) is 27.9. The van der Waals surface area contributed by atoms with Crippen LogP contribution in [0.15, 0.2) is 9.59 Å². The zero-order valence-electron chi connectivity index (χ0n) is 11.0. The molecule has 0 radical (unpaired) electrons. The first-order valence-corrected chi connectivity index (χ1v) is 6.65. The first-order chi connectivity index (χ1) is 9.06. The minimum Gasteiger partial charge on any atom is -0.383 e. The van der Waals surface area contributed by atoms with Crippen LogP contribution >= 0.6 is 0 Å². The van der Waals surface area contributed by atoms with Crippen molar-refractivity contribution in [3.05, 3.63) is 20.8 Å². The average Bonchev–Trinajstić information content (AvgIpc) is 3.12. The van der Waals surface area contributed by atoms with Crippen LogP contribution in [0.3, 0.4) is 0 Å². The van der Waals surface area contributed by atoms with Gasteiger partial charge in [0.2, 0.25) is 0 Å². The minimum absolute atomic E-state index is 0.193. The normalized spacial score (nSPS) is 23.7. The summed E-state index contributed by atoms with van der Waals surface area (Å²) in [6.45, 7) is 2.00. The van der Waals surface area contributed by atoms with Gasteiger partial charge in [0.1, 0.15) is 11.5 Å². The van der Waals surface area contributed by atoms with Crippen molar-refractivity contribution in [2.45, 2.75) is 31.3 Å². The van der Waals surface area contributed by atoms with Gasteiger partial charge < -0.3 is 11.1 Å². The van der Waals surface area contributed by atoms with E-state index in [2.05, 4.69) is 15.2 Å². The van der Waals surface area contributed by atoms with Crippen molar-refractivity contribution in [3.63, 3.8) is 0 Å². The van der Waals surface area contributed by atoms with Crippen LogP contribution in [0, 0.1) is 0 Å². The third-order valence-electron chi connectivity index (χ3n) is 4.00. The highest BCUT2D eigenvalue weighted by Crippen LogP contribution is 2.30. The van der Waals surface area contributed by atoms with E-state index >= 15 is 0 Å². The van der Waals surface area contributed by atoms with Crippen LogP contribution in [0.5, 0.6) is 0 Å². The molecule has 1 saturated heterocycles. The van der Waals surface area contributed by atoms with Crippen molar-refractivity contribution in [3.8, 4) is 0 Å². The van der Waals surface area contributed by atoms with Crippen LogP contribution in [0.25, 0.3) is 0 Å². The molecule has 2 aliphatic rings. The number of nitrogens with zero attached hydrogens (tertiary/aromatic N) is 2. The summed E-state index contributed by atoms with van der Waals surface area (Å²) in [5.41, 5.74) is 5.22. The molecule has 1 aromatic rings. The Morgan fingerprint density at radius 1 is 1.32 bits per heavy atom. The second kappa shape index (κ2) is 4.41. The van der Waals surface area contributed by atoms with Gasteiger partial charge in [0.15, 0.2) is 0 Å². The molecule has 104 valence electrons. The van der Waals surface area contributed by atoms with Crippen LogP contribution in [-0.4, -0.2) is 39.6 Å². The maximum absolute atomic E-state index is 11.8. The van der Waals surface area contributed by atoms with E-state index in [1.165, 1.54) is 17.4 Å². The Bertz CT molecular complexity index is 601. The molecule has 4 N–H and O–H groups in total. The van der Waals surface area contributed by atoms with Gasteiger partial charge in [0.25, 0.3) is 5.56 Å². The zero-order chi connectivity index (χ0) is 13.6. The van der Waals surface area contributed by atoms with Gasteiger partial charge in [-0.05, 0) is 19.3 Å². The molecule has 0 amide bonds. The molecule has 2 heterocycles. The molecule has 0 bridgehead atoms. The van der Waals surface area contributed by atoms with E-state index in [0.29, 0.717) is 5.69 Å².